The molecule has 0 fully saturated rings. The van der Waals surface area contributed by atoms with Crippen molar-refractivity contribution < 1.29 is 4.39 Å². The van der Waals surface area contributed by atoms with E-state index in [9.17, 15) is 4.39 Å². The van der Waals surface area contributed by atoms with E-state index in [4.69, 9.17) is 5.73 Å². The van der Waals surface area contributed by atoms with E-state index in [2.05, 4.69) is 4.98 Å². The van der Waals surface area contributed by atoms with E-state index in [-0.39, 0.29) is 23.9 Å². The maximum absolute atomic E-state index is 13.4. The van der Waals surface area contributed by atoms with Crippen LogP contribution in [0.2, 0.25) is 0 Å². The summed E-state index contributed by atoms with van der Waals surface area (Å²) in [7, 11) is 0. The molecule has 2 nitrogen and oxygen atoms in total. The molecule has 1 heterocycles. The number of hydrogen-bond donors (Lipinski definition) is 1. The lowest BCUT2D eigenvalue weighted by Gasteiger charge is -2.11. The van der Waals surface area contributed by atoms with Crippen LogP contribution in [0.15, 0.2) is 48.7 Å². The van der Waals surface area contributed by atoms with Crippen LogP contribution >= 0.6 is 12.4 Å². The van der Waals surface area contributed by atoms with Gasteiger partial charge in [0.05, 0.1) is 11.7 Å². The van der Waals surface area contributed by atoms with Crippen molar-refractivity contribution >= 4 is 12.4 Å². The van der Waals surface area contributed by atoms with E-state index < -0.39 is 6.04 Å². The van der Waals surface area contributed by atoms with Crippen LogP contribution in [0.3, 0.4) is 0 Å². The molecule has 0 saturated carbocycles. The third-order valence-corrected chi connectivity index (χ3v) is 2.24. The van der Waals surface area contributed by atoms with Crippen LogP contribution in [0, 0.1) is 5.82 Å². The van der Waals surface area contributed by atoms with Crippen molar-refractivity contribution in [2.24, 2.45) is 5.73 Å². The first-order valence-electron chi connectivity index (χ1n) is 4.70. The van der Waals surface area contributed by atoms with Crippen molar-refractivity contribution in [2.45, 2.75) is 6.04 Å². The lowest BCUT2D eigenvalue weighted by atomic mass is 10.0. The molecule has 1 aromatic heterocycles. The average molecular weight is 239 g/mol. The molecular weight excluding hydrogens is 227 g/mol. The number of halogens is 2. The molecule has 2 rings (SSSR count). The van der Waals surface area contributed by atoms with Crippen molar-refractivity contribution in [3.63, 3.8) is 0 Å². The van der Waals surface area contributed by atoms with Crippen molar-refractivity contribution in [2.75, 3.05) is 0 Å². The third-order valence-electron chi connectivity index (χ3n) is 2.24. The molecule has 2 N–H and O–H groups in total. The first-order chi connectivity index (χ1) is 7.29. The first kappa shape index (κ1) is 12.6. The number of hydrogen-bond acceptors (Lipinski definition) is 2. The fraction of sp³-hybridized carbons (Fsp3) is 0.0833. The average Bonchev–Trinajstić information content (AvgIpc) is 2.30. The van der Waals surface area contributed by atoms with E-state index in [0.717, 1.165) is 5.56 Å². The summed E-state index contributed by atoms with van der Waals surface area (Å²) in [6.07, 6.45) is 1.54. The highest BCUT2D eigenvalue weighted by Gasteiger charge is 2.13. The molecule has 0 aliphatic carbocycles. The Morgan fingerprint density at radius 1 is 1.06 bits per heavy atom. The third kappa shape index (κ3) is 2.56. The molecule has 0 spiro atoms. The Morgan fingerprint density at radius 3 is 2.38 bits per heavy atom. The van der Waals surface area contributed by atoms with Crippen LogP contribution in [0.1, 0.15) is 17.3 Å². The Hall–Kier alpha value is -1.45. The van der Waals surface area contributed by atoms with Gasteiger partial charge in [-0.25, -0.2) is 4.39 Å². The van der Waals surface area contributed by atoms with Gasteiger partial charge in [0.2, 0.25) is 0 Å². The summed E-state index contributed by atoms with van der Waals surface area (Å²) in [5.41, 5.74) is 7.05. The Balaban J connectivity index is 0.00000128. The smallest absolute Gasteiger partial charge is 0.146 e. The van der Waals surface area contributed by atoms with Gasteiger partial charge in [-0.2, -0.15) is 0 Å². The monoisotopic (exact) mass is 238 g/mol. The van der Waals surface area contributed by atoms with E-state index in [1.165, 1.54) is 6.07 Å². The zero-order chi connectivity index (χ0) is 10.7. The van der Waals surface area contributed by atoms with E-state index >= 15 is 0 Å². The van der Waals surface area contributed by atoms with Crippen LogP contribution in [0.4, 0.5) is 4.39 Å². The van der Waals surface area contributed by atoms with Gasteiger partial charge in [0.15, 0.2) is 0 Å². The molecule has 0 radical (unpaired) electrons. The van der Waals surface area contributed by atoms with Gasteiger partial charge in [0.25, 0.3) is 0 Å². The van der Waals surface area contributed by atoms with Gasteiger partial charge in [-0.1, -0.05) is 30.3 Å². The summed E-state index contributed by atoms with van der Waals surface area (Å²) in [5, 5.41) is 0. The van der Waals surface area contributed by atoms with Crippen LogP contribution < -0.4 is 5.73 Å². The quantitative estimate of drug-likeness (QED) is 0.874. The number of benzene rings is 1. The summed E-state index contributed by atoms with van der Waals surface area (Å²) in [5.74, 6) is -0.367. The van der Waals surface area contributed by atoms with Gasteiger partial charge in [-0.3, -0.25) is 4.98 Å². The van der Waals surface area contributed by atoms with Crippen molar-refractivity contribution in [3.8, 4) is 0 Å². The second-order valence-corrected chi connectivity index (χ2v) is 3.26. The molecule has 0 amide bonds. The minimum absolute atomic E-state index is 0. The Bertz CT molecular complexity index is 448. The second kappa shape index (κ2) is 5.58. The molecule has 4 heteroatoms. The molecule has 0 aliphatic heterocycles. The molecule has 16 heavy (non-hydrogen) atoms. The predicted octanol–water partition coefficient (Wildman–Crippen LogP) is 2.69. The van der Waals surface area contributed by atoms with Gasteiger partial charge in [-0.05, 0) is 17.7 Å². The molecule has 0 bridgehead atoms. The highest BCUT2D eigenvalue weighted by atomic mass is 35.5. The van der Waals surface area contributed by atoms with Crippen molar-refractivity contribution in [1.82, 2.24) is 4.98 Å². The molecule has 84 valence electrons. The lowest BCUT2D eigenvalue weighted by molar-refractivity contribution is 0.586. The zero-order valence-electron chi connectivity index (χ0n) is 8.51. The molecule has 0 aliphatic rings. The van der Waals surface area contributed by atoms with Crippen LogP contribution in [0.5, 0.6) is 0 Å². The summed E-state index contributed by atoms with van der Waals surface area (Å²) < 4.78 is 13.4. The summed E-state index contributed by atoms with van der Waals surface area (Å²) >= 11 is 0. The van der Waals surface area contributed by atoms with Crippen LogP contribution in [-0.2, 0) is 0 Å². The Morgan fingerprint density at radius 2 is 1.75 bits per heavy atom. The first-order valence-corrected chi connectivity index (χ1v) is 4.70. The van der Waals surface area contributed by atoms with Gasteiger partial charge in [-0.15, -0.1) is 12.4 Å². The standard InChI is InChI=1S/C12H11FN2.ClH/c13-10-7-4-8-15-12(10)11(14)9-5-2-1-3-6-9;/h1-8,11H,14H2;1H/t11-;/m1./s1. The summed E-state index contributed by atoms with van der Waals surface area (Å²) in [6, 6.07) is 11.8. The number of pyridine rings is 1. The topological polar surface area (TPSA) is 38.9 Å². The van der Waals surface area contributed by atoms with E-state index in [0.29, 0.717) is 0 Å². The molecule has 0 saturated heterocycles. The number of nitrogens with zero attached hydrogens (tertiary/aromatic N) is 1. The summed E-state index contributed by atoms with van der Waals surface area (Å²) in [6.45, 7) is 0. The number of rotatable bonds is 2. The molecule has 0 unspecified atom stereocenters. The fourth-order valence-electron chi connectivity index (χ4n) is 1.44. The minimum Gasteiger partial charge on any atom is -0.319 e. The predicted molar refractivity (Wildman–Crippen MR) is 63.9 cm³/mol. The molecular formula is C12H12ClFN2. The number of aromatic nitrogens is 1. The van der Waals surface area contributed by atoms with Crippen LogP contribution in [-0.4, -0.2) is 4.98 Å². The fourth-order valence-corrected chi connectivity index (χ4v) is 1.44. The highest BCUT2D eigenvalue weighted by Crippen LogP contribution is 2.19. The molecule has 1 aromatic carbocycles. The molecule has 1 atom stereocenters. The minimum atomic E-state index is -0.507. The van der Waals surface area contributed by atoms with Gasteiger partial charge in [0.1, 0.15) is 5.82 Å². The summed E-state index contributed by atoms with van der Waals surface area (Å²) in [4.78, 5) is 3.95. The normalized spacial score (nSPS) is 11.6. The van der Waals surface area contributed by atoms with Crippen molar-refractivity contribution in [1.29, 1.82) is 0 Å². The largest absolute Gasteiger partial charge is 0.319 e. The van der Waals surface area contributed by atoms with Gasteiger partial charge >= 0.3 is 0 Å². The highest BCUT2D eigenvalue weighted by molar-refractivity contribution is 5.85. The molecule has 2 aromatic rings. The Labute approximate surface area is 99.7 Å². The Kier molecular flexibility index (Phi) is 4.40. The van der Waals surface area contributed by atoms with E-state index in [1.54, 1.807) is 12.3 Å². The van der Waals surface area contributed by atoms with E-state index in [1.807, 2.05) is 30.3 Å². The zero-order valence-corrected chi connectivity index (χ0v) is 9.32. The van der Waals surface area contributed by atoms with Crippen molar-refractivity contribution in [3.05, 3.63) is 65.7 Å². The van der Waals surface area contributed by atoms with Gasteiger partial charge in [0, 0.05) is 6.20 Å². The SMILES string of the molecule is Cl.N[C@H](c1ccccc1)c1ncccc1F. The maximum Gasteiger partial charge on any atom is 0.146 e. The number of nitrogens with two attached hydrogens (primary N) is 1. The van der Waals surface area contributed by atoms with Crippen LogP contribution in [0.25, 0.3) is 0 Å². The maximum atomic E-state index is 13.4. The lowest BCUT2D eigenvalue weighted by Crippen LogP contribution is -2.15. The second-order valence-electron chi connectivity index (χ2n) is 3.26. The van der Waals surface area contributed by atoms with Gasteiger partial charge < -0.3 is 5.73 Å².